The number of aryl methyl sites for hydroxylation is 1. The molecule has 0 amide bonds. The lowest BCUT2D eigenvalue weighted by Crippen LogP contribution is -2.00. The Morgan fingerprint density at radius 1 is 0.857 bits per heavy atom. The fourth-order valence-electron chi connectivity index (χ4n) is 2.17. The molecule has 0 spiro atoms. The van der Waals surface area contributed by atoms with Gasteiger partial charge in [-0.15, -0.1) is 0 Å². The van der Waals surface area contributed by atoms with Crippen LogP contribution in [0.4, 0.5) is 0 Å². The first-order valence-corrected chi connectivity index (χ1v) is 7.03. The van der Waals surface area contributed by atoms with Gasteiger partial charge in [0, 0.05) is 12.0 Å². The summed E-state index contributed by atoms with van der Waals surface area (Å²) in [5.74, 6) is 1.80. The van der Waals surface area contributed by atoms with E-state index in [4.69, 9.17) is 9.47 Å². The summed E-state index contributed by atoms with van der Waals surface area (Å²) < 4.78 is 10.2. The van der Waals surface area contributed by atoms with E-state index in [9.17, 15) is 4.79 Å². The summed E-state index contributed by atoms with van der Waals surface area (Å²) in [5, 5.41) is 0. The second kappa shape index (κ2) is 7.48. The first-order chi connectivity index (χ1) is 10.2. The van der Waals surface area contributed by atoms with Gasteiger partial charge < -0.3 is 9.47 Å². The van der Waals surface area contributed by atoms with Crippen LogP contribution in [0.3, 0.4) is 0 Å². The molecule has 0 aliphatic heterocycles. The first kappa shape index (κ1) is 15.1. The molecule has 2 aromatic rings. The first-order valence-electron chi connectivity index (χ1n) is 7.03. The SMILES string of the molecule is COc1ccc(CCCC(=O)c2ccc(OC)cc2)cc1. The predicted molar refractivity (Wildman–Crippen MR) is 83.3 cm³/mol. The van der Waals surface area contributed by atoms with Gasteiger partial charge in [0.05, 0.1) is 14.2 Å². The lowest BCUT2D eigenvalue weighted by Gasteiger charge is -2.05. The molecule has 21 heavy (non-hydrogen) atoms. The zero-order chi connectivity index (χ0) is 15.1. The molecule has 0 heterocycles. The maximum Gasteiger partial charge on any atom is 0.162 e. The van der Waals surface area contributed by atoms with Crippen molar-refractivity contribution in [2.75, 3.05) is 14.2 Å². The van der Waals surface area contributed by atoms with E-state index in [1.807, 2.05) is 48.5 Å². The number of ketones is 1. The number of hydrogen-bond donors (Lipinski definition) is 0. The van der Waals surface area contributed by atoms with Crippen molar-refractivity contribution in [2.45, 2.75) is 19.3 Å². The number of benzene rings is 2. The van der Waals surface area contributed by atoms with Crippen molar-refractivity contribution in [3.05, 3.63) is 59.7 Å². The van der Waals surface area contributed by atoms with Gasteiger partial charge in [-0.3, -0.25) is 4.79 Å². The minimum Gasteiger partial charge on any atom is -0.497 e. The van der Waals surface area contributed by atoms with E-state index in [0.29, 0.717) is 6.42 Å². The van der Waals surface area contributed by atoms with Crippen molar-refractivity contribution >= 4 is 5.78 Å². The summed E-state index contributed by atoms with van der Waals surface area (Å²) >= 11 is 0. The minimum absolute atomic E-state index is 0.172. The highest BCUT2D eigenvalue weighted by molar-refractivity contribution is 5.96. The molecule has 0 aliphatic rings. The molecule has 0 saturated heterocycles. The van der Waals surface area contributed by atoms with Gasteiger partial charge in [0.15, 0.2) is 5.78 Å². The van der Waals surface area contributed by atoms with Crippen molar-refractivity contribution < 1.29 is 14.3 Å². The molecule has 2 aromatic carbocycles. The molecule has 110 valence electrons. The second-order valence-corrected chi connectivity index (χ2v) is 4.85. The molecule has 0 radical (unpaired) electrons. The number of hydrogen-bond acceptors (Lipinski definition) is 3. The number of carbonyl (C=O) groups excluding carboxylic acids is 1. The van der Waals surface area contributed by atoms with Crippen LogP contribution in [0.15, 0.2) is 48.5 Å². The van der Waals surface area contributed by atoms with Gasteiger partial charge in [0.2, 0.25) is 0 Å². The van der Waals surface area contributed by atoms with Crippen molar-refractivity contribution in [3.8, 4) is 11.5 Å². The van der Waals surface area contributed by atoms with Crippen molar-refractivity contribution in [1.29, 1.82) is 0 Å². The highest BCUT2D eigenvalue weighted by Crippen LogP contribution is 2.16. The van der Waals surface area contributed by atoms with E-state index in [1.54, 1.807) is 14.2 Å². The van der Waals surface area contributed by atoms with Crippen LogP contribution in [0.5, 0.6) is 11.5 Å². The lowest BCUT2D eigenvalue weighted by molar-refractivity contribution is 0.0980. The Morgan fingerprint density at radius 2 is 1.38 bits per heavy atom. The van der Waals surface area contributed by atoms with Gasteiger partial charge in [-0.1, -0.05) is 12.1 Å². The van der Waals surface area contributed by atoms with Gasteiger partial charge in [0.25, 0.3) is 0 Å². The number of carbonyl (C=O) groups is 1. The average molecular weight is 284 g/mol. The Kier molecular flexibility index (Phi) is 5.38. The number of rotatable bonds is 7. The molecular formula is C18H20O3. The lowest BCUT2D eigenvalue weighted by atomic mass is 10.0. The van der Waals surface area contributed by atoms with Gasteiger partial charge in [-0.25, -0.2) is 0 Å². The van der Waals surface area contributed by atoms with E-state index < -0.39 is 0 Å². The summed E-state index contributed by atoms with van der Waals surface area (Å²) in [5.41, 5.74) is 1.96. The van der Waals surface area contributed by atoms with Crippen LogP contribution < -0.4 is 9.47 Å². The van der Waals surface area contributed by atoms with E-state index in [2.05, 4.69) is 0 Å². The highest BCUT2D eigenvalue weighted by Gasteiger charge is 2.06. The monoisotopic (exact) mass is 284 g/mol. The summed E-state index contributed by atoms with van der Waals surface area (Å²) in [4.78, 5) is 12.1. The Hall–Kier alpha value is -2.29. The standard InChI is InChI=1S/C18H20O3/c1-20-16-10-6-14(7-11-16)4-3-5-18(19)15-8-12-17(21-2)13-9-15/h6-13H,3-5H2,1-2H3. The zero-order valence-corrected chi connectivity index (χ0v) is 12.5. The molecule has 0 aliphatic carbocycles. The van der Waals surface area contributed by atoms with Crippen LogP contribution in [0, 0.1) is 0 Å². The molecule has 0 fully saturated rings. The Labute approximate surface area is 125 Å². The van der Waals surface area contributed by atoms with Crippen LogP contribution in [-0.2, 0) is 6.42 Å². The number of methoxy groups -OCH3 is 2. The van der Waals surface area contributed by atoms with Gasteiger partial charge in [-0.05, 0) is 54.8 Å². The highest BCUT2D eigenvalue weighted by atomic mass is 16.5. The fourth-order valence-corrected chi connectivity index (χ4v) is 2.17. The molecule has 3 heteroatoms. The molecule has 3 nitrogen and oxygen atoms in total. The zero-order valence-electron chi connectivity index (χ0n) is 12.5. The predicted octanol–water partition coefficient (Wildman–Crippen LogP) is 3.91. The van der Waals surface area contributed by atoms with Crippen LogP contribution in [0.25, 0.3) is 0 Å². The molecule has 0 saturated carbocycles. The normalized spacial score (nSPS) is 10.2. The summed E-state index contributed by atoms with van der Waals surface area (Å²) in [7, 11) is 3.27. The van der Waals surface area contributed by atoms with E-state index in [0.717, 1.165) is 29.9 Å². The van der Waals surface area contributed by atoms with Crippen LogP contribution in [0.1, 0.15) is 28.8 Å². The quantitative estimate of drug-likeness (QED) is 0.723. The molecule has 0 aromatic heterocycles. The number of Topliss-reactive ketones (excluding diaryl/α,β-unsaturated/α-hetero) is 1. The smallest absolute Gasteiger partial charge is 0.162 e. The maximum absolute atomic E-state index is 12.1. The molecule has 0 atom stereocenters. The Balaban J connectivity index is 1.82. The minimum atomic E-state index is 0.172. The third-order valence-corrected chi connectivity index (χ3v) is 3.44. The Bertz CT molecular complexity index is 570. The molecule has 2 rings (SSSR count). The average Bonchev–Trinajstić information content (AvgIpc) is 2.55. The summed E-state index contributed by atoms with van der Waals surface area (Å²) in [6.45, 7) is 0. The fraction of sp³-hybridized carbons (Fsp3) is 0.278. The largest absolute Gasteiger partial charge is 0.497 e. The van der Waals surface area contributed by atoms with Crippen molar-refractivity contribution in [3.63, 3.8) is 0 Å². The van der Waals surface area contributed by atoms with E-state index >= 15 is 0 Å². The molecule has 0 bridgehead atoms. The second-order valence-electron chi connectivity index (χ2n) is 4.85. The topological polar surface area (TPSA) is 35.5 Å². The third kappa shape index (κ3) is 4.35. The molecule has 0 N–H and O–H groups in total. The summed E-state index contributed by atoms with van der Waals surface area (Å²) in [6, 6.07) is 15.2. The van der Waals surface area contributed by atoms with Crippen LogP contribution in [0.2, 0.25) is 0 Å². The third-order valence-electron chi connectivity index (χ3n) is 3.44. The van der Waals surface area contributed by atoms with Gasteiger partial charge >= 0.3 is 0 Å². The summed E-state index contributed by atoms with van der Waals surface area (Å²) in [6.07, 6.45) is 2.29. The van der Waals surface area contributed by atoms with Crippen LogP contribution >= 0.6 is 0 Å². The van der Waals surface area contributed by atoms with Gasteiger partial charge in [-0.2, -0.15) is 0 Å². The van der Waals surface area contributed by atoms with E-state index in [1.165, 1.54) is 5.56 Å². The molecular weight excluding hydrogens is 264 g/mol. The number of ether oxygens (including phenoxy) is 2. The Morgan fingerprint density at radius 3 is 1.90 bits per heavy atom. The maximum atomic E-state index is 12.1. The van der Waals surface area contributed by atoms with Gasteiger partial charge in [0.1, 0.15) is 11.5 Å². The van der Waals surface area contributed by atoms with Crippen LogP contribution in [-0.4, -0.2) is 20.0 Å². The van der Waals surface area contributed by atoms with Crippen molar-refractivity contribution in [1.82, 2.24) is 0 Å². The van der Waals surface area contributed by atoms with Crippen molar-refractivity contribution in [2.24, 2.45) is 0 Å². The molecule has 0 unspecified atom stereocenters. The van der Waals surface area contributed by atoms with E-state index in [-0.39, 0.29) is 5.78 Å².